The highest BCUT2D eigenvalue weighted by Crippen LogP contribution is 2.22. The van der Waals surface area contributed by atoms with Crippen molar-refractivity contribution in [1.29, 1.82) is 0 Å². The molecule has 2 aromatic rings. The molecule has 1 saturated heterocycles. The molecule has 2 atom stereocenters. The first-order chi connectivity index (χ1) is 10.1. The summed E-state index contributed by atoms with van der Waals surface area (Å²) in [6.07, 6.45) is 0.698. The lowest BCUT2D eigenvalue weighted by molar-refractivity contribution is 0.125. The van der Waals surface area contributed by atoms with Gasteiger partial charge in [0.15, 0.2) is 0 Å². The van der Waals surface area contributed by atoms with E-state index >= 15 is 0 Å². The van der Waals surface area contributed by atoms with Crippen LogP contribution in [0.1, 0.15) is 19.2 Å². The van der Waals surface area contributed by atoms with Gasteiger partial charge in [-0.15, -0.1) is 0 Å². The maximum absolute atomic E-state index is 12.9. The second-order valence-electron chi connectivity index (χ2n) is 5.54. The van der Waals surface area contributed by atoms with Gasteiger partial charge < -0.3 is 9.63 Å². The van der Waals surface area contributed by atoms with Crippen LogP contribution in [-0.4, -0.2) is 39.3 Å². The van der Waals surface area contributed by atoms with Crippen LogP contribution >= 0.6 is 0 Å². The summed E-state index contributed by atoms with van der Waals surface area (Å²) in [5.74, 6) is 1.03. The van der Waals surface area contributed by atoms with Crippen LogP contribution in [0, 0.1) is 11.7 Å². The summed E-state index contributed by atoms with van der Waals surface area (Å²) in [4.78, 5) is 6.53. The third kappa shape index (κ3) is 3.28. The Morgan fingerprint density at radius 3 is 2.86 bits per heavy atom. The average molecular weight is 291 g/mol. The van der Waals surface area contributed by atoms with Crippen molar-refractivity contribution in [3.05, 3.63) is 36.0 Å². The quantitative estimate of drug-likeness (QED) is 0.934. The van der Waals surface area contributed by atoms with Crippen LogP contribution in [0.5, 0.6) is 0 Å². The number of aliphatic hydroxyl groups is 1. The van der Waals surface area contributed by atoms with Gasteiger partial charge in [0, 0.05) is 12.1 Å². The van der Waals surface area contributed by atoms with Crippen LogP contribution in [0.2, 0.25) is 0 Å². The van der Waals surface area contributed by atoms with E-state index in [1.165, 1.54) is 12.1 Å². The van der Waals surface area contributed by atoms with Gasteiger partial charge in [-0.3, -0.25) is 4.90 Å². The first-order valence-corrected chi connectivity index (χ1v) is 7.11. The van der Waals surface area contributed by atoms with E-state index in [4.69, 9.17) is 4.52 Å². The van der Waals surface area contributed by atoms with Crippen LogP contribution < -0.4 is 0 Å². The summed E-state index contributed by atoms with van der Waals surface area (Å²) in [6, 6.07) is 6.00. The van der Waals surface area contributed by atoms with E-state index < -0.39 is 0 Å². The largest absolute Gasteiger partial charge is 0.393 e. The zero-order chi connectivity index (χ0) is 14.8. The van der Waals surface area contributed by atoms with Crippen LogP contribution in [0.4, 0.5) is 4.39 Å². The van der Waals surface area contributed by atoms with Crippen molar-refractivity contribution in [3.8, 4) is 11.4 Å². The third-order valence-corrected chi connectivity index (χ3v) is 3.92. The fraction of sp³-hybridized carbons (Fsp3) is 0.467. The molecule has 1 aliphatic rings. The van der Waals surface area contributed by atoms with E-state index in [9.17, 15) is 9.50 Å². The zero-order valence-electron chi connectivity index (χ0n) is 11.9. The molecule has 0 radical (unpaired) electrons. The van der Waals surface area contributed by atoms with Gasteiger partial charge in [-0.1, -0.05) is 5.16 Å². The predicted octanol–water partition coefficient (Wildman–Crippen LogP) is 2.08. The Bertz CT molecular complexity index is 597. The van der Waals surface area contributed by atoms with Crippen molar-refractivity contribution in [2.45, 2.75) is 26.0 Å². The molecule has 5 nitrogen and oxygen atoms in total. The van der Waals surface area contributed by atoms with Crippen LogP contribution in [0.15, 0.2) is 28.8 Å². The van der Waals surface area contributed by atoms with Gasteiger partial charge in [0.05, 0.1) is 12.6 Å². The SMILES string of the molecule is CC(O)C1CCN(Cc2nc(-c3ccc(F)cc3)no2)C1. The van der Waals surface area contributed by atoms with Crippen molar-refractivity contribution in [2.75, 3.05) is 13.1 Å². The number of hydrogen-bond acceptors (Lipinski definition) is 5. The smallest absolute Gasteiger partial charge is 0.241 e. The monoisotopic (exact) mass is 291 g/mol. The summed E-state index contributed by atoms with van der Waals surface area (Å²) in [7, 11) is 0. The van der Waals surface area contributed by atoms with Crippen LogP contribution in [0.25, 0.3) is 11.4 Å². The molecule has 21 heavy (non-hydrogen) atoms. The van der Waals surface area contributed by atoms with Crippen LogP contribution in [0.3, 0.4) is 0 Å². The number of hydrogen-bond donors (Lipinski definition) is 1. The maximum atomic E-state index is 12.9. The second-order valence-corrected chi connectivity index (χ2v) is 5.54. The lowest BCUT2D eigenvalue weighted by Gasteiger charge is -2.15. The molecule has 3 rings (SSSR count). The molecule has 1 aromatic heterocycles. The fourth-order valence-corrected chi connectivity index (χ4v) is 2.63. The van der Waals surface area contributed by atoms with Crippen molar-refractivity contribution >= 4 is 0 Å². The number of rotatable bonds is 4. The van der Waals surface area contributed by atoms with Gasteiger partial charge in [-0.05, 0) is 50.1 Å². The summed E-state index contributed by atoms with van der Waals surface area (Å²) in [5.41, 5.74) is 0.731. The molecule has 0 bridgehead atoms. The lowest BCUT2D eigenvalue weighted by Crippen LogP contribution is -2.24. The molecule has 1 N–H and O–H groups in total. The summed E-state index contributed by atoms with van der Waals surface area (Å²) in [5, 5.41) is 13.5. The second kappa shape index (κ2) is 5.91. The molecule has 0 aliphatic carbocycles. The highest BCUT2D eigenvalue weighted by atomic mass is 19.1. The Kier molecular flexibility index (Phi) is 3.98. The van der Waals surface area contributed by atoms with E-state index in [-0.39, 0.29) is 11.9 Å². The molecule has 0 amide bonds. The Hall–Kier alpha value is -1.79. The minimum absolute atomic E-state index is 0.285. The summed E-state index contributed by atoms with van der Waals surface area (Å²) < 4.78 is 18.1. The molecule has 1 fully saturated rings. The molecule has 1 aromatic carbocycles. The highest BCUT2D eigenvalue weighted by Gasteiger charge is 2.27. The van der Waals surface area contributed by atoms with Crippen molar-refractivity contribution in [3.63, 3.8) is 0 Å². The molecule has 0 spiro atoms. The molecule has 112 valence electrons. The Balaban J connectivity index is 1.64. The van der Waals surface area contributed by atoms with Gasteiger partial charge in [-0.2, -0.15) is 4.98 Å². The van der Waals surface area contributed by atoms with E-state index in [2.05, 4.69) is 15.0 Å². The number of likely N-dealkylation sites (tertiary alicyclic amines) is 1. The number of aromatic nitrogens is 2. The average Bonchev–Trinajstić information content (AvgIpc) is 3.10. The van der Waals surface area contributed by atoms with Crippen molar-refractivity contribution < 1.29 is 14.0 Å². The van der Waals surface area contributed by atoms with Crippen molar-refractivity contribution in [1.82, 2.24) is 15.0 Å². The molecule has 6 heteroatoms. The van der Waals surface area contributed by atoms with Gasteiger partial charge in [-0.25, -0.2) is 4.39 Å². The van der Waals surface area contributed by atoms with Gasteiger partial charge in [0.25, 0.3) is 0 Å². The maximum Gasteiger partial charge on any atom is 0.241 e. The normalized spacial score (nSPS) is 20.8. The van der Waals surface area contributed by atoms with Gasteiger partial charge in [0.1, 0.15) is 5.82 Å². The first-order valence-electron chi connectivity index (χ1n) is 7.11. The number of halogens is 1. The minimum Gasteiger partial charge on any atom is -0.393 e. The highest BCUT2D eigenvalue weighted by molar-refractivity contribution is 5.53. The third-order valence-electron chi connectivity index (χ3n) is 3.92. The zero-order valence-corrected chi connectivity index (χ0v) is 11.9. The van der Waals surface area contributed by atoms with E-state index in [1.54, 1.807) is 12.1 Å². The topological polar surface area (TPSA) is 62.4 Å². The summed E-state index contributed by atoms with van der Waals surface area (Å²) in [6.45, 7) is 4.17. The van der Waals surface area contributed by atoms with E-state index in [0.29, 0.717) is 24.2 Å². The Morgan fingerprint density at radius 2 is 2.19 bits per heavy atom. The standard InChI is InChI=1S/C15H18FN3O2/c1-10(20)12-6-7-19(8-12)9-14-17-15(18-21-14)11-2-4-13(16)5-3-11/h2-5,10,12,20H,6-9H2,1H3. The minimum atomic E-state index is -0.288. The van der Waals surface area contributed by atoms with Crippen molar-refractivity contribution in [2.24, 2.45) is 5.92 Å². The molecule has 2 heterocycles. The molecule has 1 aliphatic heterocycles. The fourth-order valence-electron chi connectivity index (χ4n) is 2.63. The molecular formula is C15H18FN3O2. The first kappa shape index (κ1) is 14.2. The molecule has 0 saturated carbocycles. The number of nitrogens with zero attached hydrogens (tertiary/aromatic N) is 3. The predicted molar refractivity (Wildman–Crippen MR) is 74.8 cm³/mol. The van der Waals surface area contributed by atoms with Crippen LogP contribution in [-0.2, 0) is 6.54 Å². The lowest BCUT2D eigenvalue weighted by atomic mass is 10.0. The molecular weight excluding hydrogens is 273 g/mol. The summed E-state index contributed by atoms with van der Waals surface area (Å²) >= 11 is 0. The van der Waals surface area contributed by atoms with E-state index in [0.717, 1.165) is 25.1 Å². The molecule has 2 unspecified atom stereocenters. The van der Waals surface area contributed by atoms with Gasteiger partial charge >= 0.3 is 0 Å². The van der Waals surface area contributed by atoms with Gasteiger partial charge in [0.2, 0.25) is 11.7 Å². The number of aliphatic hydroxyl groups excluding tert-OH is 1. The number of benzene rings is 1. The Morgan fingerprint density at radius 1 is 1.43 bits per heavy atom. The Labute approximate surface area is 122 Å². The van der Waals surface area contributed by atoms with E-state index in [1.807, 2.05) is 6.92 Å².